The van der Waals surface area contributed by atoms with Gasteiger partial charge in [-0.1, -0.05) is 31.9 Å². The molecule has 0 unspecified atom stereocenters. The fraction of sp³-hybridized carbons (Fsp3) is 0.462. The van der Waals surface area contributed by atoms with Gasteiger partial charge in [0.1, 0.15) is 0 Å². The van der Waals surface area contributed by atoms with Gasteiger partial charge in [0.25, 0.3) is 0 Å². The van der Waals surface area contributed by atoms with Crippen LogP contribution in [0.1, 0.15) is 36.1 Å². The van der Waals surface area contributed by atoms with Gasteiger partial charge in [-0.3, -0.25) is 4.31 Å². The average molecular weight is 886 g/mol. The summed E-state index contributed by atoms with van der Waals surface area (Å²) in [6.07, 6.45) is 3.40. The molecule has 244 valence electrons. The minimum atomic E-state index is -3.44. The molecule has 3 aromatic rings. The predicted molar refractivity (Wildman–Crippen MR) is 186 cm³/mol. The van der Waals surface area contributed by atoms with E-state index in [0.29, 0.717) is 18.9 Å². The quantitative estimate of drug-likeness (QED) is 0.158. The molecule has 0 saturated carbocycles. The topological polar surface area (TPSA) is 94.9 Å². The second-order valence-corrected chi connectivity index (χ2v) is 30.2. The number of benzene rings is 2. The molecule has 43 heavy (non-hydrogen) atoms. The standard InChI is InChI=1S/C15H24BrNO4S.C11H12BrNO2S.4ClH.Ti/c1-6-20-14(21-7-2)10-17(22(5,18)19)13-8-11(3)15(16)12(4)9-13;1-7-6-10-9(8(2)11(7)12)4-5-13(10)16(3,14)15;;;;;/h8-9,14H,6-7,10H2,1-5H3;4-6H,1-3H3;4*1H;/q;;;;;;+4/p-4. The summed E-state index contributed by atoms with van der Waals surface area (Å²) in [6, 6.07) is 7.39. The van der Waals surface area contributed by atoms with Gasteiger partial charge >= 0.3 is 49.6 Å². The van der Waals surface area contributed by atoms with E-state index in [4.69, 9.17) is 46.7 Å². The molecule has 0 radical (unpaired) electrons. The number of ether oxygens (including phenoxy) is 2. The van der Waals surface area contributed by atoms with Crippen molar-refractivity contribution < 1.29 is 38.7 Å². The molecule has 0 N–H and O–H groups in total. The number of hydrogen-bond donors (Lipinski definition) is 0. The molecule has 0 atom stereocenters. The maximum atomic E-state index is 12.2. The van der Waals surface area contributed by atoms with Crippen LogP contribution in [0.25, 0.3) is 10.9 Å². The Kier molecular flexibility index (Phi) is 16.9. The number of fused-ring (bicyclic) bond motifs is 1. The molecule has 8 nitrogen and oxygen atoms in total. The Morgan fingerprint density at radius 2 is 1.30 bits per heavy atom. The van der Waals surface area contributed by atoms with E-state index in [-0.39, 0.29) is 6.54 Å². The molecule has 0 aliphatic heterocycles. The average Bonchev–Trinajstić information content (AvgIpc) is 3.27. The summed E-state index contributed by atoms with van der Waals surface area (Å²) in [6.45, 7) is 12.5. The van der Waals surface area contributed by atoms with E-state index in [0.717, 1.165) is 42.1 Å². The van der Waals surface area contributed by atoms with Crippen molar-refractivity contribution in [3.05, 3.63) is 61.7 Å². The van der Waals surface area contributed by atoms with Crippen molar-refractivity contribution in [1.29, 1.82) is 0 Å². The van der Waals surface area contributed by atoms with Crippen LogP contribution >= 0.6 is 69.1 Å². The first-order valence-corrected chi connectivity index (χ1v) is 26.6. The maximum absolute atomic E-state index is 12.2. The summed E-state index contributed by atoms with van der Waals surface area (Å²) in [5.41, 5.74) is 5.41. The molecule has 0 bridgehead atoms. The van der Waals surface area contributed by atoms with Gasteiger partial charge in [0.15, 0.2) is 6.29 Å². The number of anilines is 1. The van der Waals surface area contributed by atoms with Gasteiger partial charge in [-0.15, -0.1) is 0 Å². The second kappa shape index (κ2) is 17.5. The van der Waals surface area contributed by atoms with Crippen molar-refractivity contribution in [3.8, 4) is 0 Å². The molecule has 17 heteroatoms. The molecule has 1 heterocycles. The van der Waals surface area contributed by atoms with E-state index in [1.807, 2.05) is 65.8 Å². The summed E-state index contributed by atoms with van der Waals surface area (Å²) in [5.74, 6) is 0. The third-order valence-electron chi connectivity index (χ3n) is 5.81. The second-order valence-electron chi connectivity index (χ2n) is 9.40. The molecule has 0 saturated heterocycles. The zero-order chi connectivity index (χ0) is 33.5. The van der Waals surface area contributed by atoms with E-state index in [9.17, 15) is 16.8 Å². The van der Waals surface area contributed by atoms with Crippen molar-refractivity contribution >= 4 is 106 Å². The third-order valence-corrected chi connectivity index (χ3v) is 10.5. The normalized spacial score (nSPS) is 12.1. The Morgan fingerprint density at radius 1 is 0.860 bits per heavy atom. The fourth-order valence-electron chi connectivity index (χ4n) is 4.02. The minimum absolute atomic E-state index is 0.126. The first-order valence-electron chi connectivity index (χ1n) is 12.7. The van der Waals surface area contributed by atoms with Crippen LogP contribution in [0.2, 0.25) is 0 Å². The van der Waals surface area contributed by atoms with E-state index in [2.05, 4.69) is 31.9 Å². The van der Waals surface area contributed by atoms with Crippen molar-refractivity contribution in [3.63, 3.8) is 0 Å². The van der Waals surface area contributed by atoms with Crippen LogP contribution in [0, 0.1) is 27.7 Å². The Hall–Kier alpha value is 0.434. The van der Waals surface area contributed by atoms with Crippen LogP contribution in [0.3, 0.4) is 0 Å². The first-order chi connectivity index (χ1) is 19.5. The van der Waals surface area contributed by atoms with Gasteiger partial charge in [-0.05, 0) is 88.1 Å². The zero-order valence-corrected chi connectivity index (χ0v) is 34.4. The summed E-state index contributed by atoms with van der Waals surface area (Å²) >= 11 is 3.89. The molecule has 0 spiro atoms. The van der Waals surface area contributed by atoms with Crippen LogP contribution in [0.15, 0.2) is 39.4 Å². The van der Waals surface area contributed by atoms with Gasteiger partial charge in [0.2, 0.25) is 20.0 Å². The van der Waals surface area contributed by atoms with Gasteiger partial charge in [-0.2, -0.15) is 0 Å². The molecule has 2 aromatic carbocycles. The molecule has 0 aliphatic carbocycles. The van der Waals surface area contributed by atoms with Gasteiger partial charge in [0, 0.05) is 33.7 Å². The van der Waals surface area contributed by atoms with E-state index < -0.39 is 38.7 Å². The number of halogens is 6. The SMILES string of the molecule is CCOC(CN(c1cc(C)c(Br)c(C)c1)S(C)(=O)=O)OCC.Cc1cc2c(ccn2S(C)(=O)=O)c(C)c1Br.[Cl][Ti]([Cl])([Cl])[Cl]. The molecule has 0 fully saturated rings. The van der Waals surface area contributed by atoms with Crippen LogP contribution in [-0.2, 0) is 41.9 Å². The number of aryl methyl sites for hydroxylation is 4. The zero-order valence-electron chi connectivity index (χ0n) is 25.0. The molecule has 0 aliphatic rings. The van der Waals surface area contributed by atoms with Crippen molar-refractivity contribution in [2.45, 2.75) is 47.8 Å². The van der Waals surface area contributed by atoms with Crippen LogP contribution in [0.5, 0.6) is 0 Å². The Labute approximate surface area is 291 Å². The third kappa shape index (κ3) is 13.6. The van der Waals surface area contributed by atoms with Crippen LogP contribution in [0.4, 0.5) is 5.69 Å². The monoisotopic (exact) mass is 882 g/mol. The molecule has 3 rings (SSSR count). The van der Waals surface area contributed by atoms with E-state index in [1.54, 1.807) is 6.20 Å². The Bertz CT molecular complexity index is 1580. The Balaban J connectivity index is 0.000000383. The van der Waals surface area contributed by atoms with E-state index in [1.165, 1.54) is 20.8 Å². The molecular weight excluding hydrogens is 850 g/mol. The number of hydrogen-bond acceptors (Lipinski definition) is 6. The summed E-state index contributed by atoms with van der Waals surface area (Å²) in [5, 5.41) is 0.961. The molecule has 1 aromatic heterocycles. The fourth-order valence-corrected chi connectivity index (χ4v) is 6.24. The van der Waals surface area contributed by atoms with Crippen molar-refractivity contribution in [2.24, 2.45) is 0 Å². The number of nitrogens with zero attached hydrogens (tertiary/aromatic N) is 2. The first kappa shape index (κ1) is 41.5. The van der Waals surface area contributed by atoms with Gasteiger partial charge < -0.3 is 9.47 Å². The van der Waals surface area contributed by atoms with Crippen LogP contribution < -0.4 is 4.31 Å². The summed E-state index contributed by atoms with van der Waals surface area (Å²) in [7, 11) is 13.4. The van der Waals surface area contributed by atoms with Gasteiger partial charge in [-0.25, -0.2) is 20.8 Å². The van der Waals surface area contributed by atoms with Gasteiger partial charge in [0.05, 0.1) is 30.3 Å². The van der Waals surface area contributed by atoms with Crippen LogP contribution in [-0.4, -0.2) is 59.4 Å². The van der Waals surface area contributed by atoms with Crippen molar-refractivity contribution in [2.75, 3.05) is 36.6 Å². The number of aromatic nitrogens is 1. The van der Waals surface area contributed by atoms with Crippen molar-refractivity contribution in [1.82, 2.24) is 3.97 Å². The predicted octanol–water partition coefficient (Wildman–Crippen LogP) is 8.81. The number of sulfonamides is 1. The Morgan fingerprint density at radius 3 is 1.70 bits per heavy atom. The molecular formula is C26H36Br2Cl4N2O6S2Ti. The summed E-state index contributed by atoms with van der Waals surface area (Å²) < 4.78 is 63.1. The molecule has 0 amide bonds. The number of rotatable bonds is 9. The van der Waals surface area contributed by atoms with E-state index >= 15 is 0 Å². The summed E-state index contributed by atoms with van der Waals surface area (Å²) in [4.78, 5) is 0.